The standard InChI is InChI=1S/C14H18BF4O.K/c1-2-10-3-6-12(7-4-10)20-14-9-11(15(17,18)19)5-8-13(14)16;/h5,8-10,12H,2-4,6-7H2,1H3;/q-1;+1. The number of halogens is 4. The summed E-state index contributed by atoms with van der Waals surface area (Å²) in [5, 5.41) is 0. The van der Waals surface area contributed by atoms with Crippen LogP contribution in [0.1, 0.15) is 39.0 Å². The average molecular weight is 328 g/mol. The number of hydrogen-bond acceptors (Lipinski definition) is 1. The summed E-state index contributed by atoms with van der Waals surface area (Å²) in [7, 11) is 0. The molecule has 0 aromatic heterocycles. The van der Waals surface area contributed by atoms with Gasteiger partial charge in [-0.2, -0.15) is 0 Å². The van der Waals surface area contributed by atoms with Gasteiger partial charge in [0.25, 0.3) is 0 Å². The van der Waals surface area contributed by atoms with E-state index in [0.717, 1.165) is 50.3 Å². The normalized spacial score (nSPS) is 22.5. The van der Waals surface area contributed by atoms with Crippen LogP contribution in [0.15, 0.2) is 18.2 Å². The monoisotopic (exact) mass is 328 g/mol. The summed E-state index contributed by atoms with van der Waals surface area (Å²) in [6.45, 7) is -3.00. The molecular weight excluding hydrogens is 310 g/mol. The molecule has 1 fully saturated rings. The van der Waals surface area contributed by atoms with Gasteiger partial charge in [0, 0.05) is 0 Å². The van der Waals surface area contributed by atoms with Gasteiger partial charge in [-0.25, -0.2) is 4.39 Å². The van der Waals surface area contributed by atoms with Crippen LogP contribution in [0.3, 0.4) is 0 Å². The molecule has 1 saturated carbocycles. The van der Waals surface area contributed by atoms with Crippen LogP contribution in [-0.4, -0.2) is 13.1 Å². The van der Waals surface area contributed by atoms with Crippen molar-refractivity contribution in [3.05, 3.63) is 24.0 Å². The Morgan fingerprint density at radius 2 is 1.76 bits per heavy atom. The first-order valence-electron chi connectivity index (χ1n) is 7.06. The molecule has 0 saturated heterocycles. The molecule has 0 spiro atoms. The molecular formula is C14H18BF4KO. The molecule has 1 aliphatic carbocycles. The molecule has 0 N–H and O–H groups in total. The Morgan fingerprint density at radius 3 is 2.29 bits per heavy atom. The van der Waals surface area contributed by atoms with Gasteiger partial charge < -0.3 is 17.7 Å². The third-order valence-electron chi connectivity index (χ3n) is 4.00. The Kier molecular flexibility index (Phi) is 7.74. The third-order valence-corrected chi connectivity index (χ3v) is 4.00. The second-order valence-corrected chi connectivity index (χ2v) is 5.43. The maximum atomic E-state index is 13.6. The molecule has 0 radical (unpaired) electrons. The Balaban J connectivity index is 0.00000220. The van der Waals surface area contributed by atoms with E-state index in [1.807, 2.05) is 0 Å². The van der Waals surface area contributed by atoms with Crippen molar-refractivity contribution >= 4 is 12.4 Å². The molecule has 0 amide bonds. The largest absolute Gasteiger partial charge is 1.00 e. The fraction of sp³-hybridized carbons (Fsp3) is 0.571. The quantitative estimate of drug-likeness (QED) is 0.597. The van der Waals surface area contributed by atoms with E-state index >= 15 is 0 Å². The van der Waals surface area contributed by atoms with Crippen LogP contribution in [0.2, 0.25) is 0 Å². The zero-order chi connectivity index (χ0) is 14.8. The Morgan fingerprint density at radius 1 is 1.14 bits per heavy atom. The van der Waals surface area contributed by atoms with Crippen molar-refractivity contribution in [1.82, 2.24) is 0 Å². The minimum absolute atomic E-state index is 0. The topological polar surface area (TPSA) is 9.23 Å². The minimum Gasteiger partial charge on any atom is -0.487 e. The fourth-order valence-corrected chi connectivity index (χ4v) is 2.65. The van der Waals surface area contributed by atoms with Crippen LogP contribution in [0.5, 0.6) is 5.75 Å². The summed E-state index contributed by atoms with van der Waals surface area (Å²) in [6, 6.07) is 2.37. The van der Waals surface area contributed by atoms with Gasteiger partial charge in [-0.3, -0.25) is 0 Å². The van der Waals surface area contributed by atoms with Crippen LogP contribution in [0.4, 0.5) is 17.3 Å². The van der Waals surface area contributed by atoms with Gasteiger partial charge in [-0.15, -0.1) is 5.46 Å². The first-order chi connectivity index (χ1) is 9.40. The summed E-state index contributed by atoms with van der Waals surface area (Å²) >= 11 is 0. The summed E-state index contributed by atoms with van der Waals surface area (Å²) in [5.74, 6) is -0.349. The molecule has 0 heterocycles. The average Bonchev–Trinajstić information content (AvgIpc) is 2.41. The van der Waals surface area contributed by atoms with Crippen LogP contribution in [-0.2, 0) is 0 Å². The van der Waals surface area contributed by atoms with E-state index in [2.05, 4.69) is 6.92 Å². The molecule has 2 rings (SSSR count). The predicted octanol–water partition coefficient (Wildman–Crippen LogP) is 1.23. The molecule has 1 aromatic rings. The van der Waals surface area contributed by atoms with E-state index in [0.29, 0.717) is 5.92 Å². The van der Waals surface area contributed by atoms with Crippen LogP contribution < -0.4 is 61.6 Å². The molecule has 0 aliphatic heterocycles. The predicted molar refractivity (Wildman–Crippen MR) is 71.8 cm³/mol. The molecule has 21 heavy (non-hydrogen) atoms. The van der Waals surface area contributed by atoms with Gasteiger partial charge in [0.1, 0.15) is 0 Å². The van der Waals surface area contributed by atoms with Gasteiger partial charge in [-0.05, 0) is 43.7 Å². The van der Waals surface area contributed by atoms with E-state index in [1.54, 1.807) is 0 Å². The van der Waals surface area contributed by atoms with Gasteiger partial charge in [-0.1, -0.05) is 19.4 Å². The number of benzene rings is 1. The first-order valence-corrected chi connectivity index (χ1v) is 7.06. The molecule has 0 unspecified atom stereocenters. The number of hydrogen-bond donors (Lipinski definition) is 0. The van der Waals surface area contributed by atoms with Gasteiger partial charge in [0.15, 0.2) is 11.6 Å². The van der Waals surface area contributed by atoms with Crippen molar-refractivity contribution in [2.45, 2.75) is 45.1 Å². The van der Waals surface area contributed by atoms with Crippen molar-refractivity contribution in [2.75, 3.05) is 0 Å². The second kappa shape index (κ2) is 8.34. The molecule has 1 nitrogen and oxygen atoms in total. The minimum atomic E-state index is -5.13. The molecule has 112 valence electrons. The van der Waals surface area contributed by atoms with Crippen molar-refractivity contribution in [3.63, 3.8) is 0 Å². The van der Waals surface area contributed by atoms with Crippen molar-refractivity contribution in [1.29, 1.82) is 0 Å². The molecule has 0 bridgehead atoms. The van der Waals surface area contributed by atoms with Gasteiger partial charge in [0.2, 0.25) is 0 Å². The van der Waals surface area contributed by atoms with E-state index in [9.17, 15) is 17.3 Å². The van der Waals surface area contributed by atoms with Gasteiger partial charge >= 0.3 is 58.4 Å². The SMILES string of the molecule is CCC1CCC(Oc2cc([B-](F)(F)F)ccc2F)CC1.[K+]. The summed E-state index contributed by atoms with van der Waals surface area (Å²) < 4.78 is 57.0. The van der Waals surface area contributed by atoms with E-state index < -0.39 is 18.3 Å². The van der Waals surface area contributed by atoms with Crippen LogP contribution in [0.25, 0.3) is 0 Å². The number of rotatable bonds is 4. The fourth-order valence-electron chi connectivity index (χ4n) is 2.65. The zero-order valence-electron chi connectivity index (χ0n) is 12.4. The Bertz CT molecular complexity index is 459. The molecule has 1 aliphatic rings. The van der Waals surface area contributed by atoms with Crippen molar-refractivity contribution < 1.29 is 73.5 Å². The van der Waals surface area contributed by atoms with E-state index in [1.165, 1.54) is 0 Å². The maximum Gasteiger partial charge on any atom is 1.00 e. The zero-order valence-corrected chi connectivity index (χ0v) is 15.5. The van der Waals surface area contributed by atoms with Crippen molar-refractivity contribution in [2.24, 2.45) is 5.92 Å². The second-order valence-electron chi connectivity index (χ2n) is 5.43. The Hall–Kier alpha value is 0.441. The molecule has 1 aromatic carbocycles. The Labute approximate surface area is 165 Å². The first kappa shape index (κ1) is 19.5. The smallest absolute Gasteiger partial charge is 0.487 e. The summed E-state index contributed by atoms with van der Waals surface area (Å²) in [4.78, 5) is 0. The van der Waals surface area contributed by atoms with Gasteiger partial charge in [0.05, 0.1) is 6.10 Å². The maximum absolute atomic E-state index is 13.6. The summed E-state index contributed by atoms with van der Waals surface area (Å²) in [6.07, 6.45) is 4.46. The van der Waals surface area contributed by atoms with Crippen LogP contribution in [0, 0.1) is 11.7 Å². The van der Waals surface area contributed by atoms with E-state index in [4.69, 9.17) is 4.74 Å². The summed E-state index contributed by atoms with van der Waals surface area (Å²) in [5.41, 5.74) is -0.816. The van der Waals surface area contributed by atoms with Crippen LogP contribution >= 0.6 is 0 Å². The van der Waals surface area contributed by atoms with Crippen molar-refractivity contribution in [3.8, 4) is 5.75 Å². The molecule has 7 heteroatoms. The number of ether oxygens (including phenoxy) is 1. The molecule has 0 atom stereocenters. The third kappa shape index (κ3) is 5.53. The van der Waals surface area contributed by atoms with E-state index in [-0.39, 0.29) is 63.2 Å².